The van der Waals surface area contributed by atoms with E-state index in [0.29, 0.717) is 70.0 Å². The number of hydrogen-bond acceptors (Lipinski definition) is 8. The normalized spacial score (nSPS) is 20.6. The Kier molecular flexibility index (Phi) is 11.2. The van der Waals surface area contributed by atoms with E-state index in [-0.39, 0.29) is 17.7 Å². The first kappa shape index (κ1) is 28.6. The number of amides is 2. The number of ether oxygens (including phenoxy) is 1. The van der Waals surface area contributed by atoms with Crippen LogP contribution >= 0.6 is 0 Å². The number of aromatic nitrogens is 1. The maximum absolute atomic E-state index is 13.1. The number of oxazole rings is 1. The van der Waals surface area contributed by atoms with Crippen molar-refractivity contribution in [3.63, 3.8) is 0 Å². The molecule has 1 aromatic heterocycles. The number of piperazine rings is 1. The smallest absolute Gasteiger partial charge is 0.275 e. The minimum Gasteiger partial charge on any atom is -0.447 e. The van der Waals surface area contributed by atoms with E-state index in [9.17, 15) is 14.7 Å². The van der Waals surface area contributed by atoms with Crippen molar-refractivity contribution < 1.29 is 23.8 Å². The summed E-state index contributed by atoms with van der Waals surface area (Å²) in [6.07, 6.45) is 2.60. The molecule has 2 aliphatic heterocycles. The Labute approximate surface area is 215 Å². The van der Waals surface area contributed by atoms with Gasteiger partial charge in [-0.2, -0.15) is 0 Å². The summed E-state index contributed by atoms with van der Waals surface area (Å²) in [5, 5.41) is 10.2. The highest BCUT2D eigenvalue weighted by Gasteiger charge is 2.32. The van der Waals surface area contributed by atoms with Crippen LogP contribution in [0.3, 0.4) is 0 Å². The first-order valence-electron chi connectivity index (χ1n) is 13.5. The Morgan fingerprint density at radius 2 is 1.83 bits per heavy atom. The van der Waals surface area contributed by atoms with E-state index in [2.05, 4.69) is 28.6 Å². The molecular weight excluding hydrogens is 462 g/mol. The van der Waals surface area contributed by atoms with Gasteiger partial charge in [0.2, 0.25) is 11.8 Å². The summed E-state index contributed by atoms with van der Waals surface area (Å²) in [7, 11) is 0. The molecule has 10 heteroatoms. The number of aliphatic hydroxyl groups excluding tert-OH is 1. The second kappa shape index (κ2) is 14.1. The summed E-state index contributed by atoms with van der Waals surface area (Å²) in [5.74, 6) is 0.811. The van der Waals surface area contributed by atoms with E-state index in [4.69, 9.17) is 9.15 Å². The predicted molar refractivity (Wildman–Crippen MR) is 136 cm³/mol. The molecule has 2 unspecified atom stereocenters. The van der Waals surface area contributed by atoms with Crippen LogP contribution in [0, 0.1) is 11.8 Å². The average Bonchev–Trinajstić information content (AvgIpc) is 3.33. The molecule has 0 radical (unpaired) electrons. The van der Waals surface area contributed by atoms with Crippen molar-refractivity contribution in [3.05, 3.63) is 17.8 Å². The third kappa shape index (κ3) is 8.26. The fourth-order valence-corrected chi connectivity index (χ4v) is 4.91. The molecule has 2 saturated heterocycles. The summed E-state index contributed by atoms with van der Waals surface area (Å²) in [6, 6.07) is 0. The van der Waals surface area contributed by atoms with Gasteiger partial charge in [-0.25, -0.2) is 4.98 Å². The van der Waals surface area contributed by atoms with Crippen LogP contribution < -0.4 is 0 Å². The monoisotopic (exact) mass is 507 g/mol. The number of aliphatic hydroxyl groups is 1. The fraction of sp³-hybridized carbons (Fsp3) is 0.808. The van der Waals surface area contributed by atoms with Crippen LogP contribution in [-0.2, 0) is 16.1 Å². The van der Waals surface area contributed by atoms with E-state index in [0.717, 1.165) is 39.0 Å². The van der Waals surface area contributed by atoms with E-state index in [1.807, 2.05) is 18.7 Å². The number of hydrogen-bond donors (Lipinski definition) is 1. The maximum atomic E-state index is 13.1. The first-order chi connectivity index (χ1) is 17.3. The van der Waals surface area contributed by atoms with Crippen LogP contribution in [0.5, 0.6) is 0 Å². The van der Waals surface area contributed by atoms with E-state index < -0.39 is 6.10 Å². The number of rotatable bonds is 12. The second-order valence-electron chi connectivity index (χ2n) is 10.4. The van der Waals surface area contributed by atoms with E-state index in [1.165, 1.54) is 6.26 Å². The molecular formula is C26H45N5O5. The Morgan fingerprint density at radius 3 is 2.50 bits per heavy atom. The minimum atomic E-state index is -0.479. The zero-order valence-corrected chi connectivity index (χ0v) is 22.5. The van der Waals surface area contributed by atoms with Gasteiger partial charge >= 0.3 is 0 Å². The topological polar surface area (TPSA) is 103 Å². The lowest BCUT2D eigenvalue weighted by Gasteiger charge is -2.35. The molecule has 3 rings (SSSR count). The minimum absolute atomic E-state index is 0.132. The molecule has 10 nitrogen and oxygen atoms in total. The van der Waals surface area contributed by atoms with Gasteiger partial charge in [-0.05, 0) is 32.6 Å². The first-order valence-corrected chi connectivity index (χ1v) is 13.5. The molecule has 0 aromatic carbocycles. The molecule has 2 atom stereocenters. The van der Waals surface area contributed by atoms with Crippen molar-refractivity contribution in [3.8, 4) is 0 Å². The molecule has 2 amide bonds. The van der Waals surface area contributed by atoms with Crippen molar-refractivity contribution >= 4 is 11.8 Å². The van der Waals surface area contributed by atoms with Gasteiger partial charge in [0.15, 0.2) is 5.69 Å². The third-order valence-corrected chi connectivity index (χ3v) is 6.96. The van der Waals surface area contributed by atoms with Crippen LogP contribution in [0.4, 0.5) is 0 Å². The molecule has 3 heterocycles. The van der Waals surface area contributed by atoms with Gasteiger partial charge in [0.1, 0.15) is 6.26 Å². The zero-order chi connectivity index (χ0) is 26.1. The van der Waals surface area contributed by atoms with Crippen LogP contribution in [0.1, 0.15) is 56.9 Å². The van der Waals surface area contributed by atoms with E-state index >= 15 is 0 Å². The number of nitrogens with zero attached hydrogens (tertiary/aromatic N) is 5. The summed E-state index contributed by atoms with van der Waals surface area (Å²) in [6.45, 7) is 16.2. The summed E-state index contributed by atoms with van der Waals surface area (Å²) < 4.78 is 11.2. The lowest BCUT2D eigenvalue weighted by molar-refractivity contribution is -0.136. The molecule has 0 saturated carbocycles. The number of piperidine rings is 1. The van der Waals surface area contributed by atoms with Crippen LogP contribution in [0.15, 0.2) is 10.7 Å². The highest BCUT2D eigenvalue weighted by atomic mass is 16.5. The number of β-amino-alcohol motifs (C(OH)–C–C–N with tert-alkyl or cyclic N) is 1. The highest BCUT2D eigenvalue weighted by molar-refractivity contribution is 5.92. The summed E-state index contributed by atoms with van der Waals surface area (Å²) in [5.41, 5.74) is 0.309. The van der Waals surface area contributed by atoms with Crippen LogP contribution in [-0.4, -0.2) is 120 Å². The lowest BCUT2D eigenvalue weighted by atomic mass is 9.96. The summed E-state index contributed by atoms with van der Waals surface area (Å²) in [4.78, 5) is 38.4. The predicted octanol–water partition coefficient (Wildman–Crippen LogP) is 1.55. The standard InChI is InChI=1S/C26H45N5O5/c1-5-30(6-2)25(33)21-8-7-9-31(14-21)26(34)23-19-36-24(27-23)16-29-12-10-28(11-13-29)15-22(32)18-35-17-20(3)4/h19-22,32H,5-18H2,1-4H3. The second-order valence-corrected chi connectivity index (χ2v) is 10.4. The maximum Gasteiger partial charge on any atom is 0.275 e. The molecule has 1 N–H and O–H groups in total. The van der Waals surface area contributed by atoms with Gasteiger partial charge in [-0.15, -0.1) is 0 Å². The zero-order valence-electron chi connectivity index (χ0n) is 22.5. The Bertz CT molecular complexity index is 819. The third-order valence-electron chi connectivity index (χ3n) is 6.96. The fourth-order valence-electron chi connectivity index (χ4n) is 4.91. The molecule has 0 bridgehead atoms. The molecule has 2 aliphatic rings. The van der Waals surface area contributed by atoms with Gasteiger partial charge in [0, 0.05) is 65.5 Å². The van der Waals surface area contributed by atoms with Crippen molar-refractivity contribution in [1.29, 1.82) is 0 Å². The largest absolute Gasteiger partial charge is 0.447 e. The van der Waals surface area contributed by atoms with Gasteiger partial charge in [-0.1, -0.05) is 13.8 Å². The van der Waals surface area contributed by atoms with Crippen LogP contribution in [0.25, 0.3) is 0 Å². The molecule has 1 aromatic rings. The Balaban J connectivity index is 1.43. The van der Waals surface area contributed by atoms with Gasteiger partial charge in [0.25, 0.3) is 5.91 Å². The molecule has 204 valence electrons. The van der Waals surface area contributed by atoms with Crippen molar-refractivity contribution in [2.45, 2.75) is 53.2 Å². The van der Waals surface area contributed by atoms with Crippen molar-refractivity contribution in [2.24, 2.45) is 11.8 Å². The number of carbonyl (C=O) groups is 2. The number of carbonyl (C=O) groups excluding carboxylic acids is 2. The lowest BCUT2D eigenvalue weighted by Crippen LogP contribution is -2.48. The van der Waals surface area contributed by atoms with Crippen LogP contribution in [0.2, 0.25) is 0 Å². The molecule has 36 heavy (non-hydrogen) atoms. The SMILES string of the molecule is CCN(CC)C(=O)C1CCCN(C(=O)c2coc(CN3CCN(CC(O)COCC(C)C)CC3)n2)C1. The Morgan fingerprint density at radius 1 is 1.14 bits per heavy atom. The Hall–Kier alpha value is -2.01. The van der Waals surface area contributed by atoms with Gasteiger partial charge in [-0.3, -0.25) is 19.4 Å². The average molecular weight is 508 g/mol. The van der Waals surface area contributed by atoms with Gasteiger partial charge < -0.3 is 24.1 Å². The molecule has 0 aliphatic carbocycles. The van der Waals surface area contributed by atoms with Crippen molar-refractivity contribution in [2.75, 3.05) is 72.1 Å². The van der Waals surface area contributed by atoms with Gasteiger partial charge in [0.05, 0.1) is 25.2 Å². The van der Waals surface area contributed by atoms with E-state index in [1.54, 1.807) is 4.90 Å². The number of likely N-dealkylation sites (tertiary alicyclic amines) is 1. The highest BCUT2D eigenvalue weighted by Crippen LogP contribution is 2.21. The van der Waals surface area contributed by atoms with Crippen molar-refractivity contribution in [1.82, 2.24) is 24.6 Å². The quantitative estimate of drug-likeness (QED) is 0.455. The summed E-state index contributed by atoms with van der Waals surface area (Å²) >= 11 is 0. The molecule has 0 spiro atoms. The molecule has 2 fully saturated rings.